The summed E-state index contributed by atoms with van der Waals surface area (Å²) in [6, 6.07) is 5.81. The van der Waals surface area contributed by atoms with E-state index in [1.807, 2.05) is 25.1 Å². The van der Waals surface area contributed by atoms with Crippen molar-refractivity contribution in [2.75, 3.05) is 50.1 Å². The van der Waals surface area contributed by atoms with Crippen molar-refractivity contribution in [1.29, 1.82) is 0 Å². The maximum Gasteiger partial charge on any atom is 0.490 e. The van der Waals surface area contributed by atoms with Gasteiger partial charge in [0.2, 0.25) is 5.95 Å². The summed E-state index contributed by atoms with van der Waals surface area (Å²) in [6.45, 7) is 7.83. The van der Waals surface area contributed by atoms with Gasteiger partial charge in [-0.05, 0) is 51.4 Å². The van der Waals surface area contributed by atoms with E-state index in [-0.39, 0.29) is 12.1 Å². The highest BCUT2D eigenvalue weighted by molar-refractivity contribution is 9.10. The Morgan fingerprint density at radius 1 is 1.20 bits per heavy atom. The van der Waals surface area contributed by atoms with Crippen molar-refractivity contribution in [3.63, 3.8) is 0 Å². The summed E-state index contributed by atoms with van der Waals surface area (Å²) in [7, 11) is 1.55. The van der Waals surface area contributed by atoms with E-state index in [9.17, 15) is 26.3 Å². The van der Waals surface area contributed by atoms with Crippen molar-refractivity contribution in [2.45, 2.75) is 50.7 Å². The van der Waals surface area contributed by atoms with Crippen LogP contribution in [0.3, 0.4) is 0 Å². The number of hydrogen-bond donors (Lipinski definition) is 2. The van der Waals surface area contributed by atoms with Gasteiger partial charge in [0, 0.05) is 48.1 Å². The van der Waals surface area contributed by atoms with Crippen molar-refractivity contribution < 1.29 is 41.0 Å². The number of hydrogen-bond acceptors (Lipinski definition) is 7. The minimum absolute atomic E-state index is 0.0364. The number of carboxylic acid groups (broad SMARTS) is 1. The third-order valence-corrected chi connectivity index (χ3v) is 7.41. The molecule has 2 aromatic rings. The predicted octanol–water partition coefficient (Wildman–Crippen LogP) is 5.88. The molecule has 1 aromatic carbocycles. The highest BCUT2D eigenvalue weighted by Crippen LogP contribution is 2.32. The number of ether oxygens (including phenoxy) is 1. The van der Waals surface area contributed by atoms with Gasteiger partial charge in [-0.15, -0.1) is 0 Å². The molecule has 0 saturated carbocycles. The number of nitrogens with zero attached hydrogens (tertiary/aromatic N) is 4. The van der Waals surface area contributed by atoms with Gasteiger partial charge in [0.05, 0.1) is 18.2 Å². The molecule has 0 bridgehead atoms. The zero-order valence-electron chi connectivity index (χ0n) is 22.5. The summed E-state index contributed by atoms with van der Waals surface area (Å²) in [5.41, 5.74) is 1.84. The molecule has 228 valence electrons. The summed E-state index contributed by atoms with van der Waals surface area (Å²) in [5.74, 6) is -1.09. The van der Waals surface area contributed by atoms with Crippen molar-refractivity contribution in [3.8, 4) is 0 Å². The summed E-state index contributed by atoms with van der Waals surface area (Å²) >= 11 is 3.52. The third-order valence-electron chi connectivity index (χ3n) is 6.92. The number of piperidine rings is 1. The molecule has 1 aromatic heterocycles. The number of fused-ring (bicyclic) bond motifs is 1. The van der Waals surface area contributed by atoms with Crippen molar-refractivity contribution in [1.82, 2.24) is 14.9 Å². The van der Waals surface area contributed by atoms with Crippen LogP contribution in [-0.4, -0.2) is 90.3 Å². The number of aliphatic carboxylic acids is 1. The lowest BCUT2D eigenvalue weighted by atomic mass is 9.97. The Balaban J connectivity index is 0.000000587. The van der Waals surface area contributed by atoms with Gasteiger partial charge in [0.1, 0.15) is 5.82 Å². The van der Waals surface area contributed by atoms with Crippen LogP contribution in [0.4, 0.5) is 38.1 Å². The Morgan fingerprint density at radius 2 is 1.83 bits per heavy atom. The SMILES string of the molecule is C=C(C)C1OCCC1CNc1nc(N2CCC(N(C)CC(F)(F)F)CC2)c2ccc(Br)cc2n1.O=C(O)C(F)(F)F. The number of rotatable bonds is 7. The molecule has 3 heterocycles. The van der Waals surface area contributed by atoms with Crippen LogP contribution in [0, 0.1) is 5.92 Å². The molecule has 2 fully saturated rings. The van der Waals surface area contributed by atoms with Crippen LogP contribution in [0.15, 0.2) is 34.8 Å². The second-order valence-corrected chi connectivity index (χ2v) is 11.1. The average molecular weight is 656 g/mol. The molecular weight excluding hydrogens is 624 g/mol. The topological polar surface area (TPSA) is 90.8 Å². The molecule has 2 unspecified atom stereocenters. The minimum atomic E-state index is -5.08. The molecular formula is C26H32BrF6N5O3. The third kappa shape index (κ3) is 9.43. The van der Waals surface area contributed by atoms with Gasteiger partial charge in [0.25, 0.3) is 0 Å². The fraction of sp³-hybridized carbons (Fsp3) is 0.577. The lowest BCUT2D eigenvalue weighted by Crippen LogP contribution is -2.46. The molecule has 2 aliphatic rings. The first-order valence-electron chi connectivity index (χ1n) is 12.9. The highest BCUT2D eigenvalue weighted by atomic mass is 79.9. The van der Waals surface area contributed by atoms with Gasteiger partial charge < -0.3 is 20.1 Å². The van der Waals surface area contributed by atoms with Crippen LogP contribution >= 0.6 is 15.9 Å². The van der Waals surface area contributed by atoms with E-state index in [1.165, 1.54) is 4.90 Å². The number of carbonyl (C=O) groups is 1. The normalized spacial score (nSPS) is 20.2. The van der Waals surface area contributed by atoms with Crippen molar-refractivity contribution >= 4 is 44.6 Å². The molecule has 2 aliphatic heterocycles. The van der Waals surface area contributed by atoms with E-state index >= 15 is 0 Å². The number of anilines is 2. The molecule has 2 N–H and O–H groups in total. The molecule has 41 heavy (non-hydrogen) atoms. The fourth-order valence-corrected chi connectivity index (χ4v) is 5.30. The summed E-state index contributed by atoms with van der Waals surface area (Å²) in [4.78, 5) is 22.1. The number of alkyl halides is 6. The van der Waals surface area contributed by atoms with E-state index in [2.05, 4.69) is 32.7 Å². The molecule has 0 amide bonds. The molecule has 15 heteroatoms. The van der Waals surface area contributed by atoms with Crippen LogP contribution in [0.1, 0.15) is 26.2 Å². The van der Waals surface area contributed by atoms with Gasteiger partial charge in [-0.25, -0.2) is 9.78 Å². The first-order valence-corrected chi connectivity index (χ1v) is 13.6. The first kappa shape index (κ1) is 32.9. The monoisotopic (exact) mass is 655 g/mol. The Morgan fingerprint density at radius 3 is 2.39 bits per heavy atom. The Kier molecular flexibility index (Phi) is 10.9. The first-order chi connectivity index (χ1) is 19.0. The van der Waals surface area contributed by atoms with Gasteiger partial charge in [-0.1, -0.05) is 28.1 Å². The van der Waals surface area contributed by atoms with Gasteiger partial charge in [-0.2, -0.15) is 31.3 Å². The van der Waals surface area contributed by atoms with Gasteiger partial charge >= 0.3 is 18.3 Å². The molecule has 0 aliphatic carbocycles. The Labute approximate surface area is 241 Å². The number of carboxylic acids is 1. The number of nitrogens with one attached hydrogen (secondary N) is 1. The standard InChI is InChI=1S/C24H31BrF3N5O.C2HF3O2/c1-15(2)21-16(8-11-34-21)13-29-23-30-20-12-17(25)4-5-19(20)22(31-23)33-9-6-18(7-10-33)32(3)14-24(26,27)28;3-2(4,5)1(6)7/h4-5,12,16,18,21H,1,6-11,13-14H2,2-3H3,(H,29,30,31);(H,6,7). The number of benzene rings is 1. The van der Waals surface area contributed by atoms with Gasteiger partial charge in [-0.3, -0.25) is 4.90 Å². The van der Waals surface area contributed by atoms with Crippen LogP contribution in [-0.2, 0) is 9.53 Å². The van der Waals surface area contributed by atoms with Gasteiger partial charge in [0.15, 0.2) is 0 Å². The quantitative estimate of drug-likeness (QED) is 0.282. The van der Waals surface area contributed by atoms with E-state index < -0.39 is 24.9 Å². The molecule has 4 rings (SSSR count). The largest absolute Gasteiger partial charge is 0.490 e. The zero-order chi connectivity index (χ0) is 30.5. The molecule has 8 nitrogen and oxygen atoms in total. The van der Waals surface area contributed by atoms with Crippen LogP contribution in [0.25, 0.3) is 10.9 Å². The molecule has 2 atom stereocenters. The minimum Gasteiger partial charge on any atom is -0.475 e. The average Bonchev–Trinajstić information content (AvgIpc) is 3.35. The lowest BCUT2D eigenvalue weighted by molar-refractivity contribution is -0.192. The summed E-state index contributed by atoms with van der Waals surface area (Å²) in [5, 5.41) is 11.5. The fourth-order valence-electron chi connectivity index (χ4n) is 4.95. The van der Waals surface area contributed by atoms with Crippen LogP contribution in [0.5, 0.6) is 0 Å². The van der Waals surface area contributed by atoms with E-state index in [0.717, 1.165) is 39.8 Å². The second kappa shape index (κ2) is 13.6. The van der Waals surface area contributed by atoms with Crippen molar-refractivity contribution in [2.24, 2.45) is 5.92 Å². The number of aromatic nitrogens is 2. The summed E-state index contributed by atoms with van der Waals surface area (Å²) in [6.07, 6.45) is -6.98. The number of halogens is 7. The molecule has 0 spiro atoms. The summed E-state index contributed by atoms with van der Waals surface area (Å²) < 4.78 is 76.9. The van der Waals surface area contributed by atoms with E-state index in [4.69, 9.17) is 24.6 Å². The second-order valence-electron chi connectivity index (χ2n) is 10.2. The van der Waals surface area contributed by atoms with E-state index in [1.54, 1.807) is 7.05 Å². The highest BCUT2D eigenvalue weighted by Gasteiger charge is 2.38. The Hall–Kier alpha value is -2.65. The molecule has 2 saturated heterocycles. The Bertz CT molecular complexity index is 1220. The zero-order valence-corrected chi connectivity index (χ0v) is 24.1. The van der Waals surface area contributed by atoms with Crippen LogP contribution in [0.2, 0.25) is 0 Å². The smallest absolute Gasteiger partial charge is 0.475 e. The van der Waals surface area contributed by atoms with Crippen molar-refractivity contribution in [3.05, 3.63) is 34.8 Å². The lowest BCUT2D eigenvalue weighted by Gasteiger charge is -2.37. The van der Waals surface area contributed by atoms with E-state index in [0.29, 0.717) is 44.3 Å². The van der Waals surface area contributed by atoms with Crippen LogP contribution < -0.4 is 10.2 Å². The predicted molar refractivity (Wildman–Crippen MR) is 146 cm³/mol. The molecule has 0 radical (unpaired) electrons. The maximum atomic E-state index is 12.8. The maximum absolute atomic E-state index is 12.8.